The number of aliphatic carboxylic acids is 1. The first-order valence-corrected chi connectivity index (χ1v) is 3.84. The number of carbonyl (C=O) groups is 1. The van der Waals surface area contributed by atoms with Crippen molar-refractivity contribution in [2.75, 3.05) is 0 Å². The molecular weight excluding hydrogens is 144 g/mol. The van der Waals surface area contributed by atoms with Gasteiger partial charge in [-0.2, -0.15) is 0 Å². The summed E-state index contributed by atoms with van der Waals surface area (Å²) in [6, 6.07) is 0.136. The fourth-order valence-corrected chi connectivity index (χ4v) is 1.22. The minimum Gasteiger partial charge on any atom is -0.480 e. The number of rotatable bonds is 3. The maximum Gasteiger partial charge on any atom is 0.320 e. The summed E-state index contributed by atoms with van der Waals surface area (Å²) in [4.78, 5) is 10.4. The third-order valence-electron chi connectivity index (χ3n) is 2.03. The molecule has 1 fully saturated rings. The van der Waals surface area contributed by atoms with Crippen LogP contribution in [0.5, 0.6) is 0 Å². The second kappa shape index (κ2) is 3.19. The summed E-state index contributed by atoms with van der Waals surface area (Å²) in [5.74, 6) is -0.800. The van der Waals surface area contributed by atoms with Crippen LogP contribution in [0.1, 0.15) is 19.8 Å². The minimum atomic E-state index is -0.800. The number of nitrogens with one attached hydrogen (secondary N) is 1. The molecule has 0 aromatic heterocycles. The van der Waals surface area contributed by atoms with Gasteiger partial charge in [0.15, 0.2) is 0 Å². The third kappa shape index (κ3) is 2.17. The number of carboxylic acid groups (broad SMARTS) is 1. The highest BCUT2D eigenvalue weighted by molar-refractivity contribution is 5.72. The van der Waals surface area contributed by atoms with Crippen molar-refractivity contribution in [1.29, 1.82) is 0 Å². The van der Waals surface area contributed by atoms with Crippen molar-refractivity contribution < 1.29 is 9.90 Å². The van der Waals surface area contributed by atoms with E-state index in [0.717, 1.165) is 12.8 Å². The number of hydrogen-bond donors (Lipinski definition) is 3. The number of hydrogen-bond acceptors (Lipinski definition) is 3. The van der Waals surface area contributed by atoms with Crippen LogP contribution < -0.4 is 11.1 Å². The van der Waals surface area contributed by atoms with Crippen molar-refractivity contribution in [3.05, 3.63) is 0 Å². The maximum absolute atomic E-state index is 10.4. The fourth-order valence-electron chi connectivity index (χ4n) is 1.22. The smallest absolute Gasteiger partial charge is 0.320 e. The summed E-state index contributed by atoms with van der Waals surface area (Å²) in [6.45, 7) is 1.65. The van der Waals surface area contributed by atoms with E-state index in [9.17, 15) is 4.79 Å². The summed E-state index contributed by atoms with van der Waals surface area (Å²) in [5.41, 5.74) is 5.53. The highest BCUT2D eigenvalue weighted by Gasteiger charge is 2.28. The fraction of sp³-hybridized carbons (Fsp3) is 0.857. The zero-order chi connectivity index (χ0) is 8.43. The third-order valence-corrected chi connectivity index (χ3v) is 2.03. The Kier molecular flexibility index (Phi) is 2.46. The molecule has 4 heteroatoms. The molecular formula is C7H14N2O2. The molecule has 4 N–H and O–H groups in total. The van der Waals surface area contributed by atoms with E-state index in [1.807, 2.05) is 0 Å². The summed E-state index contributed by atoms with van der Waals surface area (Å²) in [6.07, 6.45) is 1.80. The van der Waals surface area contributed by atoms with E-state index in [2.05, 4.69) is 5.32 Å². The molecule has 1 atom stereocenters. The van der Waals surface area contributed by atoms with Crippen LogP contribution in [0.3, 0.4) is 0 Å². The van der Waals surface area contributed by atoms with Gasteiger partial charge < -0.3 is 16.2 Å². The Hall–Kier alpha value is -0.610. The Balaban J connectivity index is 2.16. The molecule has 0 saturated heterocycles. The molecule has 0 unspecified atom stereocenters. The Labute approximate surface area is 65.8 Å². The lowest BCUT2D eigenvalue weighted by atomic mass is 9.87. The lowest BCUT2D eigenvalue weighted by molar-refractivity contribution is -0.139. The topological polar surface area (TPSA) is 75.3 Å². The number of carboxylic acids is 1. The molecule has 0 aliphatic heterocycles. The second-order valence-electron chi connectivity index (χ2n) is 3.15. The first kappa shape index (κ1) is 8.49. The van der Waals surface area contributed by atoms with Crippen molar-refractivity contribution in [1.82, 2.24) is 5.32 Å². The Morgan fingerprint density at radius 2 is 2.27 bits per heavy atom. The lowest BCUT2D eigenvalue weighted by Crippen LogP contribution is -2.52. The predicted octanol–water partition coefficient (Wildman–Crippen LogP) is -0.461. The molecule has 0 aromatic carbocycles. The largest absolute Gasteiger partial charge is 0.480 e. The van der Waals surface area contributed by atoms with E-state index in [4.69, 9.17) is 10.8 Å². The summed E-state index contributed by atoms with van der Waals surface area (Å²) in [5, 5.41) is 11.5. The standard InChI is InChI=1S/C7H14N2O2/c1-4(7(10)11)9-6-2-5(8)3-6/h4-6,9H,2-3,8H2,1H3,(H,10,11)/t4-,5?,6?/m0/s1. The molecule has 0 bridgehead atoms. The highest BCUT2D eigenvalue weighted by Crippen LogP contribution is 2.17. The van der Waals surface area contributed by atoms with Crippen LogP contribution in [0.25, 0.3) is 0 Å². The molecule has 1 aliphatic rings. The molecule has 0 amide bonds. The summed E-state index contributed by atoms with van der Waals surface area (Å²) >= 11 is 0. The van der Waals surface area contributed by atoms with Gasteiger partial charge in [-0.3, -0.25) is 4.79 Å². The van der Waals surface area contributed by atoms with E-state index in [0.29, 0.717) is 6.04 Å². The zero-order valence-corrected chi connectivity index (χ0v) is 6.58. The predicted molar refractivity (Wildman–Crippen MR) is 41.2 cm³/mol. The molecule has 1 aliphatic carbocycles. The summed E-state index contributed by atoms with van der Waals surface area (Å²) in [7, 11) is 0. The van der Waals surface area contributed by atoms with Gasteiger partial charge in [-0.05, 0) is 19.8 Å². The van der Waals surface area contributed by atoms with Crippen molar-refractivity contribution >= 4 is 5.97 Å². The van der Waals surface area contributed by atoms with Crippen LogP contribution in [0.2, 0.25) is 0 Å². The zero-order valence-electron chi connectivity index (χ0n) is 6.58. The molecule has 0 radical (unpaired) electrons. The normalized spacial score (nSPS) is 32.5. The van der Waals surface area contributed by atoms with E-state index in [1.165, 1.54) is 0 Å². The second-order valence-corrected chi connectivity index (χ2v) is 3.15. The minimum absolute atomic E-state index is 0.272. The van der Waals surface area contributed by atoms with Crippen LogP contribution in [-0.2, 0) is 4.79 Å². The van der Waals surface area contributed by atoms with Gasteiger partial charge in [-0.15, -0.1) is 0 Å². The van der Waals surface area contributed by atoms with E-state index >= 15 is 0 Å². The van der Waals surface area contributed by atoms with Crippen molar-refractivity contribution in [2.24, 2.45) is 5.73 Å². The monoisotopic (exact) mass is 158 g/mol. The van der Waals surface area contributed by atoms with Gasteiger partial charge in [0.25, 0.3) is 0 Å². The van der Waals surface area contributed by atoms with Gasteiger partial charge in [0.1, 0.15) is 6.04 Å². The Morgan fingerprint density at radius 3 is 2.64 bits per heavy atom. The van der Waals surface area contributed by atoms with Gasteiger partial charge in [0.2, 0.25) is 0 Å². The molecule has 4 nitrogen and oxygen atoms in total. The first-order valence-electron chi connectivity index (χ1n) is 3.84. The van der Waals surface area contributed by atoms with Crippen LogP contribution in [0.4, 0.5) is 0 Å². The Morgan fingerprint density at radius 1 is 1.73 bits per heavy atom. The molecule has 64 valence electrons. The van der Waals surface area contributed by atoms with Gasteiger partial charge in [0.05, 0.1) is 0 Å². The van der Waals surface area contributed by atoms with Crippen molar-refractivity contribution in [3.63, 3.8) is 0 Å². The van der Waals surface area contributed by atoms with Crippen LogP contribution in [0, 0.1) is 0 Å². The molecule has 0 heterocycles. The molecule has 11 heavy (non-hydrogen) atoms. The van der Waals surface area contributed by atoms with Gasteiger partial charge in [0, 0.05) is 12.1 Å². The van der Waals surface area contributed by atoms with Crippen LogP contribution in [-0.4, -0.2) is 29.2 Å². The highest BCUT2D eigenvalue weighted by atomic mass is 16.4. The maximum atomic E-state index is 10.4. The first-order chi connectivity index (χ1) is 5.09. The molecule has 1 saturated carbocycles. The Bertz CT molecular complexity index is 155. The van der Waals surface area contributed by atoms with Gasteiger partial charge in [-0.25, -0.2) is 0 Å². The average molecular weight is 158 g/mol. The average Bonchev–Trinajstić information content (AvgIpc) is 1.84. The van der Waals surface area contributed by atoms with E-state index < -0.39 is 12.0 Å². The molecule has 1 rings (SSSR count). The van der Waals surface area contributed by atoms with Gasteiger partial charge >= 0.3 is 5.97 Å². The molecule has 0 spiro atoms. The van der Waals surface area contributed by atoms with Crippen molar-refractivity contribution in [3.8, 4) is 0 Å². The lowest BCUT2D eigenvalue weighted by Gasteiger charge is -2.34. The van der Waals surface area contributed by atoms with Crippen LogP contribution in [0.15, 0.2) is 0 Å². The summed E-state index contributed by atoms with van der Waals surface area (Å²) < 4.78 is 0. The quantitative estimate of drug-likeness (QED) is 0.519. The molecule has 0 aromatic rings. The van der Waals surface area contributed by atoms with E-state index in [1.54, 1.807) is 6.92 Å². The van der Waals surface area contributed by atoms with Gasteiger partial charge in [-0.1, -0.05) is 0 Å². The van der Waals surface area contributed by atoms with Crippen LogP contribution >= 0.6 is 0 Å². The van der Waals surface area contributed by atoms with Crippen molar-refractivity contribution in [2.45, 2.75) is 37.9 Å². The SMILES string of the molecule is C[C@H](NC1CC(N)C1)C(=O)O. The number of nitrogens with two attached hydrogens (primary N) is 1. The van der Waals surface area contributed by atoms with E-state index in [-0.39, 0.29) is 6.04 Å².